The first kappa shape index (κ1) is 17.9. The van der Waals surface area contributed by atoms with E-state index in [4.69, 9.17) is 15.0 Å². The molecule has 2 atom stereocenters. The van der Waals surface area contributed by atoms with E-state index in [1.807, 2.05) is 26.0 Å². The van der Waals surface area contributed by atoms with Gasteiger partial charge in [-0.05, 0) is 49.9 Å². The summed E-state index contributed by atoms with van der Waals surface area (Å²) in [6, 6.07) is 6.20. The Bertz CT molecular complexity index is 563. The van der Waals surface area contributed by atoms with Crippen LogP contribution in [0.2, 0.25) is 0 Å². The molecule has 0 heterocycles. The molecule has 22 heavy (non-hydrogen) atoms. The SMILES string of the molecule is Cc1cc(O[C@@H](C)C[C@@H](C)OC(=O)C=[N+]=[N-])cc(C(C)C)c1. The minimum Gasteiger partial charge on any atom is -0.491 e. The molecule has 1 aromatic carbocycles. The van der Waals surface area contributed by atoms with E-state index in [1.54, 1.807) is 6.92 Å². The Morgan fingerprint density at radius 1 is 1.23 bits per heavy atom. The number of rotatable bonds is 7. The number of hydrogen-bond acceptors (Lipinski definition) is 3. The lowest BCUT2D eigenvalue weighted by atomic mass is 10.0. The van der Waals surface area contributed by atoms with Gasteiger partial charge in [0.05, 0.1) is 6.10 Å². The second-order valence-corrected chi connectivity index (χ2v) is 5.89. The summed E-state index contributed by atoms with van der Waals surface area (Å²) >= 11 is 0. The summed E-state index contributed by atoms with van der Waals surface area (Å²) in [4.78, 5) is 13.8. The maximum Gasteiger partial charge on any atom is 0.413 e. The number of carbonyl (C=O) groups excluding carboxylic acids is 1. The van der Waals surface area contributed by atoms with Crippen molar-refractivity contribution in [2.75, 3.05) is 0 Å². The van der Waals surface area contributed by atoms with Crippen molar-refractivity contribution in [2.24, 2.45) is 0 Å². The number of aryl methyl sites for hydroxylation is 1. The predicted molar refractivity (Wildman–Crippen MR) is 85.2 cm³/mol. The monoisotopic (exact) mass is 304 g/mol. The zero-order chi connectivity index (χ0) is 16.7. The molecule has 0 aliphatic heterocycles. The highest BCUT2D eigenvalue weighted by molar-refractivity contribution is 6.20. The molecule has 0 aliphatic rings. The topological polar surface area (TPSA) is 71.9 Å². The van der Waals surface area contributed by atoms with E-state index >= 15 is 0 Å². The molecule has 0 aromatic heterocycles. The molecule has 0 spiro atoms. The van der Waals surface area contributed by atoms with Crippen molar-refractivity contribution in [3.63, 3.8) is 0 Å². The summed E-state index contributed by atoms with van der Waals surface area (Å²) in [6.07, 6.45) is 0.860. The van der Waals surface area contributed by atoms with Crippen molar-refractivity contribution in [3.05, 3.63) is 34.9 Å². The third-order valence-electron chi connectivity index (χ3n) is 3.22. The first-order valence-corrected chi connectivity index (χ1v) is 7.48. The quantitative estimate of drug-likeness (QED) is 0.335. The first-order valence-electron chi connectivity index (χ1n) is 7.48. The molecular formula is C17H24N2O3. The van der Waals surface area contributed by atoms with E-state index in [2.05, 4.69) is 24.7 Å². The highest BCUT2D eigenvalue weighted by Crippen LogP contribution is 2.24. The highest BCUT2D eigenvalue weighted by atomic mass is 16.5. The van der Waals surface area contributed by atoms with Crippen LogP contribution in [-0.2, 0) is 9.53 Å². The van der Waals surface area contributed by atoms with Crippen molar-refractivity contribution in [3.8, 4) is 5.75 Å². The average Bonchev–Trinajstić information content (AvgIpc) is 2.37. The van der Waals surface area contributed by atoms with Crippen LogP contribution >= 0.6 is 0 Å². The van der Waals surface area contributed by atoms with Gasteiger partial charge in [0.2, 0.25) is 0 Å². The lowest BCUT2D eigenvalue weighted by Crippen LogP contribution is -2.23. The standard InChI is InChI=1S/C17H24N2O3/c1-11(2)15-6-12(3)7-16(9-15)21-13(4)8-14(5)22-17(20)10-19-18/h6-7,9-11,13-14H,8H2,1-5H3/t13-,14+/m0/s1. The van der Waals surface area contributed by atoms with Crippen LogP contribution in [0.1, 0.15) is 51.2 Å². The Hall–Kier alpha value is -2.13. The van der Waals surface area contributed by atoms with Gasteiger partial charge in [-0.1, -0.05) is 19.9 Å². The molecule has 0 aliphatic carbocycles. The molecule has 5 nitrogen and oxygen atoms in total. The van der Waals surface area contributed by atoms with E-state index in [-0.39, 0.29) is 12.2 Å². The van der Waals surface area contributed by atoms with Gasteiger partial charge in [-0.15, -0.1) is 0 Å². The van der Waals surface area contributed by atoms with E-state index < -0.39 is 5.97 Å². The van der Waals surface area contributed by atoms with Gasteiger partial charge >= 0.3 is 12.2 Å². The molecule has 5 heteroatoms. The number of nitrogens with zero attached hydrogens (tertiary/aromatic N) is 2. The molecular weight excluding hydrogens is 280 g/mol. The van der Waals surface area contributed by atoms with Crippen molar-refractivity contribution in [1.82, 2.24) is 0 Å². The van der Waals surface area contributed by atoms with Gasteiger partial charge in [-0.2, -0.15) is 4.79 Å². The van der Waals surface area contributed by atoms with Crippen LogP contribution in [0.25, 0.3) is 5.53 Å². The van der Waals surface area contributed by atoms with Gasteiger partial charge in [-0.25, -0.2) is 4.79 Å². The van der Waals surface area contributed by atoms with E-state index in [1.165, 1.54) is 5.56 Å². The molecule has 0 saturated carbocycles. The highest BCUT2D eigenvalue weighted by Gasteiger charge is 2.15. The zero-order valence-corrected chi connectivity index (χ0v) is 13.9. The molecule has 0 amide bonds. The Kier molecular flexibility index (Phi) is 6.80. The van der Waals surface area contributed by atoms with Crippen molar-refractivity contribution in [1.29, 1.82) is 0 Å². The van der Waals surface area contributed by atoms with Crippen LogP contribution in [0.15, 0.2) is 18.2 Å². The van der Waals surface area contributed by atoms with Gasteiger partial charge in [-0.3, -0.25) is 0 Å². The Labute approximate surface area is 131 Å². The molecule has 1 rings (SSSR count). The number of ether oxygens (including phenoxy) is 2. The Morgan fingerprint density at radius 2 is 1.91 bits per heavy atom. The van der Waals surface area contributed by atoms with E-state index in [0.29, 0.717) is 12.3 Å². The molecule has 0 N–H and O–H groups in total. The molecule has 0 saturated heterocycles. The number of benzene rings is 1. The predicted octanol–water partition coefficient (Wildman–Crippen LogP) is 3.51. The van der Waals surface area contributed by atoms with Gasteiger partial charge in [0, 0.05) is 6.42 Å². The lowest BCUT2D eigenvalue weighted by molar-refractivity contribution is -0.144. The van der Waals surface area contributed by atoms with Gasteiger partial charge in [0.25, 0.3) is 0 Å². The fraction of sp³-hybridized carbons (Fsp3) is 0.529. The zero-order valence-electron chi connectivity index (χ0n) is 13.9. The molecule has 0 radical (unpaired) electrons. The van der Waals surface area contributed by atoms with Crippen LogP contribution < -0.4 is 4.74 Å². The van der Waals surface area contributed by atoms with Crippen LogP contribution in [0, 0.1) is 6.92 Å². The molecule has 0 bridgehead atoms. The Morgan fingerprint density at radius 3 is 2.50 bits per heavy atom. The lowest BCUT2D eigenvalue weighted by Gasteiger charge is -2.19. The fourth-order valence-corrected chi connectivity index (χ4v) is 2.25. The number of esters is 1. The summed E-state index contributed by atoms with van der Waals surface area (Å²) < 4.78 is 11.0. The van der Waals surface area contributed by atoms with Crippen LogP contribution in [0.3, 0.4) is 0 Å². The summed E-state index contributed by atoms with van der Waals surface area (Å²) in [6.45, 7) is 10.0. The van der Waals surface area contributed by atoms with Gasteiger partial charge < -0.3 is 15.0 Å². The maximum absolute atomic E-state index is 11.2. The molecule has 120 valence electrons. The van der Waals surface area contributed by atoms with E-state index in [0.717, 1.165) is 17.5 Å². The maximum atomic E-state index is 11.2. The summed E-state index contributed by atoms with van der Waals surface area (Å²) in [5, 5.41) is 0. The van der Waals surface area contributed by atoms with Crippen molar-refractivity contribution < 1.29 is 19.1 Å². The van der Waals surface area contributed by atoms with E-state index in [9.17, 15) is 4.79 Å². The smallest absolute Gasteiger partial charge is 0.413 e. The fourth-order valence-electron chi connectivity index (χ4n) is 2.25. The van der Waals surface area contributed by atoms with Gasteiger partial charge in [0.1, 0.15) is 11.9 Å². The number of hydrogen-bond donors (Lipinski definition) is 0. The largest absolute Gasteiger partial charge is 0.491 e. The summed E-state index contributed by atoms with van der Waals surface area (Å²) in [5.74, 6) is 0.599. The normalized spacial score (nSPS) is 13.2. The average molecular weight is 304 g/mol. The second kappa shape index (κ2) is 8.35. The molecule has 0 unspecified atom stereocenters. The second-order valence-electron chi connectivity index (χ2n) is 5.89. The summed E-state index contributed by atoms with van der Waals surface area (Å²) in [7, 11) is 0. The van der Waals surface area contributed by atoms with Crippen molar-refractivity contribution in [2.45, 2.75) is 59.2 Å². The first-order chi connectivity index (χ1) is 10.3. The molecule has 1 aromatic rings. The van der Waals surface area contributed by atoms with Crippen molar-refractivity contribution >= 4 is 12.2 Å². The molecule has 0 fully saturated rings. The minimum atomic E-state index is -0.667. The summed E-state index contributed by atoms with van der Waals surface area (Å²) in [5.41, 5.74) is 10.7. The number of carbonyl (C=O) groups is 1. The van der Waals surface area contributed by atoms with Crippen LogP contribution in [0.5, 0.6) is 5.75 Å². The van der Waals surface area contributed by atoms with Gasteiger partial charge in [0.15, 0.2) is 0 Å². The minimum absolute atomic E-state index is 0.101. The third-order valence-corrected chi connectivity index (χ3v) is 3.22. The van der Waals surface area contributed by atoms with Crippen LogP contribution in [-0.4, -0.2) is 29.2 Å². The Balaban J connectivity index is 2.63. The third kappa shape index (κ3) is 6.10. The van der Waals surface area contributed by atoms with Crippen LogP contribution in [0.4, 0.5) is 0 Å².